The van der Waals surface area contributed by atoms with Crippen LogP contribution < -0.4 is 14.9 Å². The summed E-state index contributed by atoms with van der Waals surface area (Å²) in [6.07, 6.45) is 0. The summed E-state index contributed by atoms with van der Waals surface area (Å²) in [4.78, 5) is 0. The third-order valence-corrected chi connectivity index (χ3v) is 4.93. The fourth-order valence-electron chi connectivity index (χ4n) is 1.83. The van der Waals surface area contributed by atoms with Crippen molar-refractivity contribution in [1.29, 1.82) is 0 Å². The summed E-state index contributed by atoms with van der Waals surface area (Å²) in [5, 5.41) is 2.19. The van der Waals surface area contributed by atoms with Crippen molar-refractivity contribution < 1.29 is 12.9 Å². The molecule has 0 fully saturated rings. The first-order valence-corrected chi connectivity index (χ1v) is 7.10. The molecule has 17 heavy (non-hydrogen) atoms. The Morgan fingerprint density at radius 1 is 0.882 bits per heavy atom. The number of para-hydroxylation sites is 2. The average Bonchev–Trinajstić information content (AvgIpc) is 2.63. The molecule has 0 aliphatic carbocycles. The van der Waals surface area contributed by atoms with Gasteiger partial charge in [-0.05, 0) is 0 Å². The van der Waals surface area contributed by atoms with Crippen LogP contribution >= 0.6 is 7.60 Å². The van der Waals surface area contributed by atoms with Gasteiger partial charge in [0.2, 0.25) is 0 Å². The Kier molecular flexibility index (Phi) is 1.96. The second-order valence-electron chi connectivity index (χ2n) is 3.87. The van der Waals surface area contributed by atoms with Crippen molar-refractivity contribution in [2.75, 3.05) is 5.09 Å². The van der Waals surface area contributed by atoms with E-state index in [9.17, 15) is 8.39 Å². The molecule has 0 unspecified atom stereocenters. The monoisotopic (exact) mass is 253 g/mol. The van der Waals surface area contributed by atoms with Gasteiger partial charge in [-0.25, -0.2) is 0 Å². The van der Waals surface area contributed by atoms with E-state index in [4.69, 9.17) is 4.52 Å². The van der Waals surface area contributed by atoms with Crippen molar-refractivity contribution in [3.8, 4) is 5.75 Å². The maximum absolute atomic E-state index is 14.7. The predicted molar refractivity (Wildman–Crippen MR) is 65.9 cm³/mol. The fraction of sp³-hybridized carbons (Fsp3) is 0. The Morgan fingerprint density at radius 2 is 1.53 bits per heavy atom. The van der Waals surface area contributed by atoms with E-state index >= 15 is 0 Å². The molecule has 2 nitrogen and oxygen atoms in total. The number of hydrogen-bond acceptors (Lipinski definition) is 2. The van der Waals surface area contributed by atoms with Gasteiger partial charge in [-0.3, -0.25) is 0 Å². The molecular weight excluding hydrogens is 243 g/mol. The molecule has 2 aromatic rings. The van der Waals surface area contributed by atoms with Gasteiger partial charge < -0.3 is 0 Å². The fourth-order valence-corrected chi connectivity index (χ4v) is 3.87. The molecule has 0 aromatic heterocycles. The summed E-state index contributed by atoms with van der Waals surface area (Å²) in [6, 6.07) is 14.1. The number of anilines is 1. The standard InChI is InChI=1S/C12H10F2NOP/c13-17(14,10-6-2-1-3-7-10)15-11-8-4-5-9-12(11)16-17/h1-9,15H. The summed E-state index contributed by atoms with van der Waals surface area (Å²) >= 11 is 0. The van der Waals surface area contributed by atoms with Crippen molar-refractivity contribution in [3.05, 3.63) is 54.6 Å². The summed E-state index contributed by atoms with van der Waals surface area (Å²) in [6.45, 7) is 0. The summed E-state index contributed by atoms with van der Waals surface area (Å²) in [5.41, 5.74) is 0.346. The number of nitrogens with one attached hydrogen (secondary N) is 1. The minimum atomic E-state index is -5.50. The van der Waals surface area contributed by atoms with Crippen molar-refractivity contribution in [3.63, 3.8) is 0 Å². The summed E-state index contributed by atoms with van der Waals surface area (Å²) < 4.78 is 34.3. The Morgan fingerprint density at radius 3 is 2.24 bits per heavy atom. The number of hydrogen-bond donors (Lipinski definition) is 1. The van der Waals surface area contributed by atoms with Crippen LogP contribution in [0.1, 0.15) is 0 Å². The van der Waals surface area contributed by atoms with Crippen LogP contribution in [0.3, 0.4) is 0 Å². The van der Waals surface area contributed by atoms with E-state index in [0.29, 0.717) is 5.69 Å². The van der Waals surface area contributed by atoms with Gasteiger partial charge in [0.1, 0.15) is 0 Å². The van der Waals surface area contributed by atoms with E-state index in [-0.39, 0.29) is 11.1 Å². The van der Waals surface area contributed by atoms with Gasteiger partial charge in [0.05, 0.1) is 0 Å². The average molecular weight is 253 g/mol. The second kappa shape index (κ2) is 3.17. The van der Waals surface area contributed by atoms with Gasteiger partial charge in [0.15, 0.2) is 0 Å². The minimum absolute atomic E-state index is 0.0882. The van der Waals surface area contributed by atoms with Crippen LogP contribution in [-0.4, -0.2) is 0 Å². The van der Waals surface area contributed by atoms with E-state index in [1.165, 1.54) is 12.1 Å². The Balaban J connectivity index is 2.11. The number of rotatable bonds is 1. The van der Waals surface area contributed by atoms with Crippen molar-refractivity contribution in [2.24, 2.45) is 0 Å². The first-order chi connectivity index (χ1) is 8.07. The first kappa shape index (κ1) is 10.5. The van der Waals surface area contributed by atoms with Crippen LogP contribution in [0.5, 0.6) is 5.75 Å². The molecule has 0 bridgehead atoms. The number of benzene rings is 2. The molecule has 0 atom stereocenters. The van der Waals surface area contributed by atoms with Crippen LogP contribution in [0, 0.1) is 0 Å². The zero-order chi connectivity index (χ0) is 12.0. The van der Waals surface area contributed by atoms with E-state index in [1.54, 1.807) is 42.5 Å². The molecule has 5 heteroatoms. The van der Waals surface area contributed by atoms with E-state index < -0.39 is 7.60 Å². The Hall–Kier alpha value is -1.67. The predicted octanol–water partition coefficient (Wildman–Crippen LogP) is 3.97. The van der Waals surface area contributed by atoms with Crippen LogP contribution in [0.15, 0.2) is 54.6 Å². The SMILES string of the molecule is FP1(F)(c2ccccc2)Nc2ccccc2O1. The summed E-state index contributed by atoms with van der Waals surface area (Å²) in [5.74, 6) is 0.207. The zero-order valence-electron chi connectivity index (χ0n) is 8.81. The van der Waals surface area contributed by atoms with Gasteiger partial charge in [-0.2, -0.15) is 0 Å². The molecule has 0 spiro atoms. The Labute approximate surface area is 97.5 Å². The van der Waals surface area contributed by atoms with Crippen LogP contribution in [0.4, 0.5) is 14.1 Å². The van der Waals surface area contributed by atoms with E-state index in [1.807, 2.05) is 0 Å². The van der Waals surface area contributed by atoms with Crippen molar-refractivity contribution >= 4 is 18.6 Å². The van der Waals surface area contributed by atoms with Gasteiger partial charge >= 0.3 is 96.9 Å². The Bertz CT molecular complexity index is 545. The number of halogens is 2. The third kappa shape index (κ3) is 1.56. The maximum atomic E-state index is 14.7. The number of fused-ring (bicyclic) bond motifs is 1. The molecule has 88 valence electrons. The second-order valence-corrected chi connectivity index (χ2v) is 6.46. The van der Waals surface area contributed by atoms with Crippen molar-refractivity contribution in [2.45, 2.75) is 0 Å². The molecule has 0 radical (unpaired) electrons. The zero-order valence-corrected chi connectivity index (χ0v) is 9.70. The first-order valence-electron chi connectivity index (χ1n) is 5.16. The van der Waals surface area contributed by atoms with Crippen molar-refractivity contribution in [1.82, 2.24) is 0 Å². The molecular formula is C12H10F2NOP. The molecule has 1 aliphatic rings. The topological polar surface area (TPSA) is 21.3 Å². The van der Waals surface area contributed by atoms with Gasteiger partial charge in [0.25, 0.3) is 0 Å². The molecule has 0 saturated carbocycles. The van der Waals surface area contributed by atoms with Crippen LogP contribution in [-0.2, 0) is 0 Å². The van der Waals surface area contributed by atoms with Crippen LogP contribution in [0.2, 0.25) is 0 Å². The molecule has 2 aromatic carbocycles. The van der Waals surface area contributed by atoms with Crippen LogP contribution in [0.25, 0.3) is 0 Å². The quantitative estimate of drug-likeness (QED) is 0.776. The van der Waals surface area contributed by atoms with Gasteiger partial charge in [0, 0.05) is 0 Å². The van der Waals surface area contributed by atoms with Gasteiger partial charge in [-0.15, -0.1) is 0 Å². The molecule has 1 aliphatic heterocycles. The molecule has 0 amide bonds. The van der Waals surface area contributed by atoms with Gasteiger partial charge in [-0.1, -0.05) is 0 Å². The molecule has 0 saturated heterocycles. The normalized spacial score (nSPS) is 21.4. The summed E-state index contributed by atoms with van der Waals surface area (Å²) in [7, 11) is -5.50. The molecule has 3 rings (SSSR count). The van der Waals surface area contributed by atoms with E-state index in [0.717, 1.165) is 0 Å². The molecule has 1 heterocycles. The molecule has 1 N–H and O–H groups in total. The van der Waals surface area contributed by atoms with E-state index in [2.05, 4.69) is 5.09 Å². The third-order valence-electron chi connectivity index (χ3n) is 2.64.